The molecular formula is C25H19F2IN2O3. The maximum atomic E-state index is 13.6. The van der Waals surface area contributed by atoms with E-state index in [-0.39, 0.29) is 6.61 Å². The highest BCUT2D eigenvalue weighted by Crippen LogP contribution is 2.35. The van der Waals surface area contributed by atoms with Crippen molar-refractivity contribution >= 4 is 45.8 Å². The number of nitrogens with one attached hydrogen (secondary N) is 1. The lowest BCUT2D eigenvalue weighted by molar-refractivity contribution is -0.118. The molecule has 168 valence electrons. The third-order valence-corrected chi connectivity index (χ3v) is 5.18. The van der Waals surface area contributed by atoms with Gasteiger partial charge in [0.25, 0.3) is 5.91 Å². The van der Waals surface area contributed by atoms with E-state index in [1.54, 1.807) is 30.3 Å². The molecule has 1 N–H and O–H groups in total. The predicted molar refractivity (Wildman–Crippen MR) is 131 cm³/mol. The SMILES string of the molecule is CCOc1cc(/C=C(/C#N)c2cccc(F)c2)cc(I)c1OCC(=O)Nc1ccc(F)cc1. The quantitative estimate of drug-likeness (QED) is 0.207. The van der Waals surface area contributed by atoms with Gasteiger partial charge in [-0.05, 0) is 95.2 Å². The van der Waals surface area contributed by atoms with Crippen LogP contribution in [0.15, 0.2) is 60.7 Å². The molecule has 0 saturated carbocycles. The number of benzene rings is 3. The van der Waals surface area contributed by atoms with Gasteiger partial charge in [-0.3, -0.25) is 4.79 Å². The molecule has 0 aromatic heterocycles. The van der Waals surface area contributed by atoms with Crippen LogP contribution in [0.25, 0.3) is 11.6 Å². The van der Waals surface area contributed by atoms with Crippen molar-refractivity contribution in [2.45, 2.75) is 6.92 Å². The fourth-order valence-corrected chi connectivity index (χ4v) is 3.73. The van der Waals surface area contributed by atoms with Gasteiger partial charge in [-0.2, -0.15) is 5.26 Å². The highest BCUT2D eigenvalue weighted by atomic mass is 127. The van der Waals surface area contributed by atoms with Crippen molar-refractivity contribution in [1.29, 1.82) is 5.26 Å². The Morgan fingerprint density at radius 2 is 1.85 bits per heavy atom. The van der Waals surface area contributed by atoms with Gasteiger partial charge in [0.2, 0.25) is 0 Å². The Morgan fingerprint density at radius 1 is 1.09 bits per heavy atom. The molecule has 8 heteroatoms. The van der Waals surface area contributed by atoms with Crippen molar-refractivity contribution in [3.8, 4) is 17.6 Å². The third kappa shape index (κ3) is 6.76. The van der Waals surface area contributed by atoms with Gasteiger partial charge < -0.3 is 14.8 Å². The molecule has 0 saturated heterocycles. The first-order valence-corrected chi connectivity index (χ1v) is 11.0. The normalized spacial score (nSPS) is 10.9. The van der Waals surface area contributed by atoms with Gasteiger partial charge in [0, 0.05) is 5.69 Å². The van der Waals surface area contributed by atoms with E-state index in [0.717, 1.165) is 0 Å². The Hall–Kier alpha value is -3.45. The molecule has 3 aromatic rings. The van der Waals surface area contributed by atoms with Gasteiger partial charge in [0.1, 0.15) is 11.6 Å². The van der Waals surface area contributed by atoms with E-state index in [9.17, 15) is 18.8 Å². The molecule has 0 aliphatic heterocycles. The first-order valence-electron chi connectivity index (χ1n) is 9.92. The molecule has 0 radical (unpaired) electrons. The lowest BCUT2D eigenvalue weighted by Crippen LogP contribution is -2.20. The van der Waals surface area contributed by atoms with Gasteiger partial charge in [-0.1, -0.05) is 12.1 Å². The summed E-state index contributed by atoms with van der Waals surface area (Å²) in [5.74, 6) is -0.455. The molecule has 0 atom stereocenters. The summed E-state index contributed by atoms with van der Waals surface area (Å²) in [6.45, 7) is 1.89. The molecule has 0 unspecified atom stereocenters. The number of rotatable bonds is 8. The zero-order valence-electron chi connectivity index (χ0n) is 17.6. The monoisotopic (exact) mass is 560 g/mol. The third-order valence-electron chi connectivity index (χ3n) is 4.37. The van der Waals surface area contributed by atoms with Crippen LogP contribution < -0.4 is 14.8 Å². The Labute approximate surface area is 203 Å². The fraction of sp³-hybridized carbons (Fsp3) is 0.120. The summed E-state index contributed by atoms with van der Waals surface area (Å²) in [7, 11) is 0. The Bertz CT molecular complexity index is 1220. The molecule has 0 fully saturated rings. The van der Waals surface area contributed by atoms with E-state index >= 15 is 0 Å². The van der Waals surface area contributed by atoms with Crippen LogP contribution in [0.5, 0.6) is 11.5 Å². The van der Waals surface area contributed by atoms with Gasteiger partial charge in [-0.25, -0.2) is 8.78 Å². The summed E-state index contributed by atoms with van der Waals surface area (Å²) < 4.78 is 38.6. The number of hydrogen-bond donors (Lipinski definition) is 1. The number of halogens is 3. The first kappa shape index (κ1) is 24.2. The van der Waals surface area contributed by atoms with E-state index in [1.807, 2.05) is 6.92 Å². The van der Waals surface area contributed by atoms with Gasteiger partial charge in [0.15, 0.2) is 18.1 Å². The number of anilines is 1. The van der Waals surface area contributed by atoms with Gasteiger partial charge >= 0.3 is 0 Å². The molecule has 0 heterocycles. The molecule has 33 heavy (non-hydrogen) atoms. The highest BCUT2D eigenvalue weighted by molar-refractivity contribution is 14.1. The number of carbonyl (C=O) groups excluding carboxylic acids is 1. The average Bonchev–Trinajstić information content (AvgIpc) is 2.78. The van der Waals surface area contributed by atoms with Crippen molar-refractivity contribution in [3.05, 3.63) is 87.0 Å². The molecule has 0 aliphatic carbocycles. The number of nitriles is 1. The van der Waals surface area contributed by atoms with Crippen molar-refractivity contribution in [2.24, 2.45) is 0 Å². The standard InChI is InChI=1S/C25H19F2IN2O3/c1-2-32-23-12-16(10-18(14-29)17-4-3-5-20(27)13-17)11-22(28)25(23)33-15-24(31)30-21-8-6-19(26)7-9-21/h3-13H,2,15H2,1H3,(H,30,31)/b18-10-. The number of nitrogens with zero attached hydrogens (tertiary/aromatic N) is 1. The smallest absolute Gasteiger partial charge is 0.262 e. The molecule has 0 bridgehead atoms. The summed E-state index contributed by atoms with van der Waals surface area (Å²) in [6.07, 6.45) is 1.63. The number of amides is 1. The lowest BCUT2D eigenvalue weighted by atomic mass is 10.0. The molecule has 5 nitrogen and oxygen atoms in total. The summed E-state index contributed by atoms with van der Waals surface area (Å²) in [6, 6.07) is 16.8. The second kappa shape index (κ2) is 11.4. The van der Waals surface area contributed by atoms with Crippen LogP contribution in [0.3, 0.4) is 0 Å². The second-order valence-corrected chi connectivity index (χ2v) is 7.95. The van der Waals surface area contributed by atoms with Crippen LogP contribution in [0.4, 0.5) is 14.5 Å². The van der Waals surface area contributed by atoms with Crippen LogP contribution in [-0.4, -0.2) is 19.1 Å². The second-order valence-electron chi connectivity index (χ2n) is 6.79. The number of carbonyl (C=O) groups is 1. The summed E-state index contributed by atoms with van der Waals surface area (Å²) in [4.78, 5) is 12.2. The van der Waals surface area contributed by atoms with Crippen molar-refractivity contribution in [2.75, 3.05) is 18.5 Å². The lowest BCUT2D eigenvalue weighted by Gasteiger charge is -2.15. The molecule has 3 aromatic carbocycles. The number of allylic oxidation sites excluding steroid dienone is 1. The minimum absolute atomic E-state index is 0.282. The molecule has 1 amide bonds. The Kier molecular flexibility index (Phi) is 8.38. The summed E-state index contributed by atoms with van der Waals surface area (Å²) >= 11 is 2.05. The van der Waals surface area contributed by atoms with Crippen LogP contribution in [0.1, 0.15) is 18.1 Å². The van der Waals surface area contributed by atoms with Crippen molar-refractivity contribution < 1.29 is 23.0 Å². The summed E-state index contributed by atoms with van der Waals surface area (Å²) in [5, 5.41) is 12.2. The maximum Gasteiger partial charge on any atom is 0.262 e. The molecule has 3 rings (SSSR count). The van der Waals surface area contributed by atoms with E-state index < -0.39 is 17.5 Å². The Balaban J connectivity index is 1.81. The maximum absolute atomic E-state index is 13.6. The largest absolute Gasteiger partial charge is 0.490 e. The minimum Gasteiger partial charge on any atom is -0.490 e. The predicted octanol–water partition coefficient (Wildman–Crippen LogP) is 6.05. The summed E-state index contributed by atoms with van der Waals surface area (Å²) in [5.41, 5.74) is 1.86. The zero-order chi connectivity index (χ0) is 23.8. The first-order chi connectivity index (χ1) is 15.9. The molecule has 0 spiro atoms. The van der Waals surface area contributed by atoms with Gasteiger partial charge in [0.05, 0.1) is 21.8 Å². The van der Waals surface area contributed by atoms with Gasteiger partial charge in [-0.15, -0.1) is 0 Å². The highest BCUT2D eigenvalue weighted by Gasteiger charge is 2.15. The fourth-order valence-electron chi connectivity index (χ4n) is 2.95. The van der Waals surface area contributed by atoms with Crippen LogP contribution in [0, 0.1) is 26.5 Å². The van der Waals surface area contributed by atoms with Crippen LogP contribution in [-0.2, 0) is 4.79 Å². The van der Waals surface area contributed by atoms with E-state index in [0.29, 0.717) is 44.1 Å². The van der Waals surface area contributed by atoms with E-state index in [1.165, 1.54) is 36.4 Å². The topological polar surface area (TPSA) is 71.3 Å². The van der Waals surface area contributed by atoms with Crippen LogP contribution >= 0.6 is 22.6 Å². The van der Waals surface area contributed by atoms with Crippen molar-refractivity contribution in [1.82, 2.24) is 0 Å². The number of hydrogen-bond acceptors (Lipinski definition) is 4. The average molecular weight is 560 g/mol. The Morgan fingerprint density at radius 3 is 2.52 bits per heavy atom. The van der Waals surface area contributed by atoms with Crippen molar-refractivity contribution in [3.63, 3.8) is 0 Å². The van der Waals surface area contributed by atoms with E-state index in [2.05, 4.69) is 34.0 Å². The molecular weight excluding hydrogens is 541 g/mol. The van der Waals surface area contributed by atoms with Crippen LogP contribution in [0.2, 0.25) is 0 Å². The zero-order valence-corrected chi connectivity index (χ0v) is 19.7. The minimum atomic E-state index is -0.430. The molecule has 0 aliphatic rings. The number of ether oxygens (including phenoxy) is 2. The van der Waals surface area contributed by atoms with E-state index in [4.69, 9.17) is 9.47 Å².